The van der Waals surface area contributed by atoms with Gasteiger partial charge < -0.3 is 9.64 Å². The van der Waals surface area contributed by atoms with E-state index in [9.17, 15) is 4.79 Å². The summed E-state index contributed by atoms with van der Waals surface area (Å²) in [5.74, 6) is 1.48. The Balaban J connectivity index is 1.56. The third-order valence-corrected chi connectivity index (χ3v) is 4.64. The molecule has 128 valence electrons. The minimum atomic E-state index is 0.0120. The second-order valence-electron chi connectivity index (χ2n) is 6.11. The van der Waals surface area contributed by atoms with Crippen LogP contribution >= 0.6 is 0 Å². The average molecular weight is 337 g/mol. The third kappa shape index (κ3) is 2.93. The number of amides is 1. The molecule has 1 aliphatic heterocycles. The van der Waals surface area contributed by atoms with Gasteiger partial charge in [-0.25, -0.2) is 4.98 Å². The summed E-state index contributed by atoms with van der Waals surface area (Å²) in [6.07, 6.45) is 5.50. The van der Waals surface area contributed by atoms with Crippen molar-refractivity contribution in [1.29, 1.82) is 0 Å². The molecule has 0 bridgehead atoms. The highest BCUT2D eigenvalue weighted by Gasteiger charge is 2.31. The fourth-order valence-corrected chi connectivity index (χ4v) is 3.40. The van der Waals surface area contributed by atoms with Gasteiger partial charge >= 0.3 is 0 Å². The van der Waals surface area contributed by atoms with Gasteiger partial charge in [-0.2, -0.15) is 14.6 Å². The van der Waals surface area contributed by atoms with Crippen molar-refractivity contribution in [2.24, 2.45) is 0 Å². The normalized spacial score (nSPS) is 17.2. The van der Waals surface area contributed by atoms with Gasteiger partial charge in [0.25, 0.3) is 5.78 Å². The number of aromatic nitrogens is 4. The number of likely N-dealkylation sites (tertiary alicyclic amines) is 1. The average Bonchev–Trinajstić information content (AvgIpc) is 3.31. The van der Waals surface area contributed by atoms with Gasteiger partial charge in [0, 0.05) is 12.7 Å². The highest BCUT2D eigenvalue weighted by atomic mass is 16.5. The second-order valence-corrected chi connectivity index (χ2v) is 6.11. The van der Waals surface area contributed by atoms with E-state index in [0.717, 1.165) is 36.4 Å². The van der Waals surface area contributed by atoms with E-state index >= 15 is 0 Å². The first-order valence-corrected chi connectivity index (χ1v) is 8.33. The summed E-state index contributed by atoms with van der Waals surface area (Å²) < 4.78 is 6.89. The molecule has 0 spiro atoms. The van der Waals surface area contributed by atoms with Crippen LogP contribution in [0.3, 0.4) is 0 Å². The van der Waals surface area contributed by atoms with E-state index < -0.39 is 0 Å². The van der Waals surface area contributed by atoms with Crippen LogP contribution in [-0.4, -0.2) is 44.0 Å². The number of rotatable bonds is 4. The number of carbonyl (C=O) groups excluding carboxylic acids is 1. The van der Waals surface area contributed by atoms with E-state index in [1.165, 1.54) is 6.33 Å². The number of benzene rings is 1. The topological polar surface area (TPSA) is 72.6 Å². The van der Waals surface area contributed by atoms with E-state index in [-0.39, 0.29) is 11.9 Å². The molecule has 2 aromatic heterocycles. The number of fused-ring (bicyclic) bond motifs is 1. The molecule has 3 aromatic rings. The maximum Gasteiger partial charge on any atom is 0.252 e. The third-order valence-electron chi connectivity index (χ3n) is 4.64. The number of hydrogen-bond donors (Lipinski definition) is 0. The fraction of sp³-hybridized carbons (Fsp3) is 0.333. The van der Waals surface area contributed by atoms with E-state index in [1.807, 2.05) is 35.2 Å². The lowest BCUT2D eigenvalue weighted by Crippen LogP contribution is -2.32. The molecular formula is C18H19N5O2. The summed E-state index contributed by atoms with van der Waals surface area (Å²) >= 11 is 0. The Morgan fingerprint density at radius 3 is 2.88 bits per heavy atom. The van der Waals surface area contributed by atoms with Crippen molar-refractivity contribution in [3.63, 3.8) is 0 Å². The molecule has 7 nitrogen and oxygen atoms in total. The number of nitrogens with zero attached hydrogens (tertiary/aromatic N) is 5. The maximum absolute atomic E-state index is 12.9. The predicted octanol–water partition coefficient (Wildman–Crippen LogP) is 2.04. The van der Waals surface area contributed by atoms with Crippen LogP contribution in [-0.2, 0) is 11.2 Å². The molecule has 4 rings (SSSR count). The molecule has 0 radical (unpaired) electrons. The molecule has 1 aromatic carbocycles. The van der Waals surface area contributed by atoms with Crippen LogP contribution in [0.4, 0.5) is 0 Å². The molecule has 0 unspecified atom stereocenters. The Morgan fingerprint density at radius 1 is 1.24 bits per heavy atom. The summed E-state index contributed by atoms with van der Waals surface area (Å²) in [7, 11) is 1.63. The van der Waals surface area contributed by atoms with Crippen molar-refractivity contribution < 1.29 is 9.53 Å². The molecule has 0 saturated carbocycles. The molecule has 0 aliphatic carbocycles. The molecule has 25 heavy (non-hydrogen) atoms. The zero-order valence-electron chi connectivity index (χ0n) is 14.0. The number of carbonyl (C=O) groups is 1. The maximum atomic E-state index is 12.9. The van der Waals surface area contributed by atoms with Gasteiger partial charge in [0.1, 0.15) is 12.1 Å². The van der Waals surface area contributed by atoms with Crippen LogP contribution in [0.5, 0.6) is 5.75 Å². The van der Waals surface area contributed by atoms with E-state index in [1.54, 1.807) is 17.8 Å². The van der Waals surface area contributed by atoms with Gasteiger partial charge in [-0.3, -0.25) is 4.79 Å². The summed E-state index contributed by atoms with van der Waals surface area (Å²) in [5, 5.41) is 4.25. The Hall–Kier alpha value is -2.96. The Kier molecular flexibility index (Phi) is 4.05. The SMILES string of the molecule is COc1ccc(CC(=O)N2CCC[C@@H]2c2ccnc3ncnn23)cc1. The van der Waals surface area contributed by atoms with Crippen LogP contribution < -0.4 is 4.74 Å². The Morgan fingerprint density at radius 2 is 2.08 bits per heavy atom. The lowest BCUT2D eigenvalue weighted by molar-refractivity contribution is -0.131. The van der Waals surface area contributed by atoms with E-state index in [2.05, 4.69) is 15.1 Å². The standard InChI is InChI=1S/C18H19N5O2/c1-25-14-6-4-13(5-7-14)11-17(24)22-10-2-3-15(22)16-8-9-19-18-20-12-21-23(16)18/h4-9,12,15H,2-3,10-11H2,1H3/t15-/m1/s1. The summed E-state index contributed by atoms with van der Waals surface area (Å²) in [6.45, 7) is 0.762. The molecule has 1 aliphatic rings. The zero-order valence-corrected chi connectivity index (χ0v) is 14.0. The smallest absolute Gasteiger partial charge is 0.252 e. The first-order valence-electron chi connectivity index (χ1n) is 8.33. The monoisotopic (exact) mass is 337 g/mol. The van der Waals surface area contributed by atoms with Gasteiger partial charge in [0.2, 0.25) is 5.91 Å². The van der Waals surface area contributed by atoms with Gasteiger partial charge in [-0.1, -0.05) is 12.1 Å². The van der Waals surface area contributed by atoms with Crippen LogP contribution in [0.15, 0.2) is 42.9 Å². The second kappa shape index (κ2) is 6.51. The summed E-state index contributed by atoms with van der Waals surface area (Å²) in [5.41, 5.74) is 1.94. The van der Waals surface area contributed by atoms with E-state index in [0.29, 0.717) is 12.2 Å². The molecule has 1 atom stereocenters. The van der Waals surface area contributed by atoms with Crippen molar-refractivity contribution in [1.82, 2.24) is 24.5 Å². The molecule has 1 saturated heterocycles. The van der Waals surface area contributed by atoms with Crippen molar-refractivity contribution in [2.45, 2.75) is 25.3 Å². The lowest BCUT2D eigenvalue weighted by Gasteiger charge is -2.25. The molecule has 1 fully saturated rings. The van der Waals surface area contributed by atoms with Gasteiger partial charge in [0.05, 0.1) is 25.3 Å². The minimum absolute atomic E-state index is 0.0120. The van der Waals surface area contributed by atoms with E-state index in [4.69, 9.17) is 4.74 Å². The van der Waals surface area contributed by atoms with Crippen LogP contribution in [0.1, 0.15) is 30.1 Å². The van der Waals surface area contributed by atoms with Crippen molar-refractivity contribution in [3.05, 3.63) is 54.1 Å². The van der Waals surface area contributed by atoms with Gasteiger partial charge in [0.15, 0.2) is 0 Å². The first-order chi connectivity index (χ1) is 12.3. The number of hydrogen-bond acceptors (Lipinski definition) is 5. The fourth-order valence-electron chi connectivity index (χ4n) is 3.40. The number of methoxy groups -OCH3 is 1. The largest absolute Gasteiger partial charge is 0.497 e. The highest BCUT2D eigenvalue weighted by Crippen LogP contribution is 2.32. The molecule has 7 heteroatoms. The Bertz CT molecular complexity index is 890. The summed E-state index contributed by atoms with van der Waals surface area (Å²) in [6, 6.07) is 9.56. The van der Waals surface area contributed by atoms with Gasteiger partial charge in [-0.05, 0) is 36.6 Å². The summed E-state index contributed by atoms with van der Waals surface area (Å²) in [4.78, 5) is 23.1. The van der Waals surface area contributed by atoms with Crippen molar-refractivity contribution in [3.8, 4) is 5.75 Å². The molecule has 3 heterocycles. The van der Waals surface area contributed by atoms with Crippen LogP contribution in [0, 0.1) is 0 Å². The van der Waals surface area contributed by atoms with Crippen LogP contribution in [0.2, 0.25) is 0 Å². The van der Waals surface area contributed by atoms with Crippen molar-refractivity contribution >= 4 is 11.7 Å². The quantitative estimate of drug-likeness (QED) is 0.728. The minimum Gasteiger partial charge on any atom is -0.497 e. The number of ether oxygens (including phenoxy) is 1. The van der Waals surface area contributed by atoms with Gasteiger partial charge in [-0.15, -0.1) is 0 Å². The lowest BCUT2D eigenvalue weighted by atomic mass is 10.1. The predicted molar refractivity (Wildman–Crippen MR) is 91.2 cm³/mol. The molecule has 1 amide bonds. The van der Waals surface area contributed by atoms with Crippen molar-refractivity contribution in [2.75, 3.05) is 13.7 Å². The first kappa shape index (κ1) is 15.6. The molecular weight excluding hydrogens is 318 g/mol. The van der Waals surface area contributed by atoms with Crippen LogP contribution in [0.25, 0.3) is 5.78 Å². The highest BCUT2D eigenvalue weighted by molar-refractivity contribution is 5.79. The Labute approximate surface area is 145 Å². The molecule has 0 N–H and O–H groups in total. The zero-order chi connectivity index (χ0) is 17.2.